The molecule has 1 N–H and O–H groups in total. The first kappa shape index (κ1) is 17.5. The normalized spacial score (nSPS) is 14.2. The molecule has 27 heavy (non-hydrogen) atoms. The van der Waals surface area contributed by atoms with Crippen LogP contribution < -0.4 is 10.2 Å². The van der Waals surface area contributed by atoms with Gasteiger partial charge in [0.2, 0.25) is 0 Å². The lowest BCUT2D eigenvalue weighted by molar-refractivity contribution is 0.102. The molecule has 0 atom stereocenters. The number of nitrogens with zero attached hydrogens (tertiary/aromatic N) is 4. The van der Waals surface area contributed by atoms with Gasteiger partial charge in [0, 0.05) is 31.7 Å². The number of amides is 1. The number of morpholine rings is 1. The number of hydrogen-bond acceptors (Lipinski definition) is 5. The summed E-state index contributed by atoms with van der Waals surface area (Å²) in [5, 5.41) is 7.67. The number of ether oxygens (including phenoxy) is 1. The highest BCUT2D eigenvalue weighted by molar-refractivity contribution is 6.34. The minimum Gasteiger partial charge on any atom is -0.378 e. The molecule has 1 amide bonds. The summed E-state index contributed by atoms with van der Waals surface area (Å²) in [6.07, 6.45) is 5.00. The van der Waals surface area contributed by atoms with Crippen LogP contribution >= 0.6 is 11.6 Å². The van der Waals surface area contributed by atoms with E-state index in [4.69, 9.17) is 16.3 Å². The van der Waals surface area contributed by atoms with Gasteiger partial charge >= 0.3 is 0 Å². The number of halogens is 1. The molecule has 8 heteroatoms. The standard InChI is InChI=1S/C19H18ClN5O2/c20-15-3-1-4-16(18(15)24-9-11-27-12-10-24)23-19(26)14-5-6-17(21-13-14)25-8-2-7-22-25/h1-8,13H,9-12H2,(H,23,26). The SMILES string of the molecule is O=C(Nc1cccc(Cl)c1N1CCOCC1)c1ccc(-n2cccn2)nc1. The van der Waals surface area contributed by atoms with E-state index in [9.17, 15) is 4.79 Å². The first-order valence-electron chi connectivity index (χ1n) is 8.61. The molecule has 1 aliphatic rings. The Morgan fingerprint density at radius 2 is 2.00 bits per heavy atom. The number of aromatic nitrogens is 3. The molecule has 0 aliphatic carbocycles. The van der Waals surface area contributed by atoms with E-state index in [0.29, 0.717) is 35.3 Å². The molecular formula is C19H18ClN5O2. The second-order valence-corrected chi connectivity index (χ2v) is 6.45. The molecule has 1 fully saturated rings. The summed E-state index contributed by atoms with van der Waals surface area (Å²) >= 11 is 6.41. The summed E-state index contributed by atoms with van der Waals surface area (Å²) < 4.78 is 7.04. The van der Waals surface area contributed by atoms with Crippen molar-refractivity contribution in [3.8, 4) is 5.82 Å². The fourth-order valence-electron chi connectivity index (χ4n) is 2.98. The molecule has 138 valence electrons. The van der Waals surface area contributed by atoms with E-state index < -0.39 is 0 Å². The molecule has 3 heterocycles. The maximum Gasteiger partial charge on any atom is 0.257 e. The van der Waals surface area contributed by atoms with Crippen molar-refractivity contribution in [1.29, 1.82) is 0 Å². The number of pyridine rings is 1. The van der Waals surface area contributed by atoms with Crippen LogP contribution in [0.1, 0.15) is 10.4 Å². The smallest absolute Gasteiger partial charge is 0.257 e. The van der Waals surface area contributed by atoms with Gasteiger partial charge in [0.15, 0.2) is 5.82 Å². The quantitative estimate of drug-likeness (QED) is 0.749. The van der Waals surface area contributed by atoms with Gasteiger partial charge in [0.1, 0.15) is 0 Å². The van der Waals surface area contributed by atoms with Crippen molar-refractivity contribution in [1.82, 2.24) is 14.8 Å². The number of anilines is 2. The highest BCUT2D eigenvalue weighted by atomic mass is 35.5. The molecule has 1 aliphatic heterocycles. The van der Waals surface area contributed by atoms with Gasteiger partial charge in [-0.2, -0.15) is 5.10 Å². The van der Waals surface area contributed by atoms with Crippen LogP contribution in [-0.4, -0.2) is 47.0 Å². The van der Waals surface area contributed by atoms with Crippen molar-refractivity contribution in [3.63, 3.8) is 0 Å². The van der Waals surface area contributed by atoms with Crippen LogP contribution in [0.2, 0.25) is 5.02 Å². The topological polar surface area (TPSA) is 72.3 Å². The third-order valence-electron chi connectivity index (χ3n) is 4.31. The predicted molar refractivity (Wildman–Crippen MR) is 104 cm³/mol. The van der Waals surface area contributed by atoms with Crippen LogP contribution in [0.4, 0.5) is 11.4 Å². The van der Waals surface area contributed by atoms with Crippen LogP contribution in [-0.2, 0) is 4.74 Å². The number of carbonyl (C=O) groups excluding carboxylic acids is 1. The Hall–Kier alpha value is -2.90. The van der Waals surface area contributed by atoms with Gasteiger partial charge in [-0.05, 0) is 30.3 Å². The minimum absolute atomic E-state index is 0.244. The van der Waals surface area contributed by atoms with Crippen molar-refractivity contribution < 1.29 is 9.53 Å². The number of carbonyl (C=O) groups is 1. The predicted octanol–water partition coefficient (Wildman–Crippen LogP) is 3.01. The van der Waals surface area contributed by atoms with Crippen LogP contribution in [0.15, 0.2) is 55.0 Å². The first-order chi connectivity index (χ1) is 13.2. The molecule has 0 saturated carbocycles. The van der Waals surface area contributed by atoms with E-state index in [1.54, 1.807) is 29.2 Å². The maximum atomic E-state index is 12.7. The van der Waals surface area contributed by atoms with Gasteiger partial charge in [-0.15, -0.1) is 0 Å². The average Bonchev–Trinajstić information content (AvgIpc) is 3.24. The second kappa shape index (κ2) is 7.77. The number of nitrogens with one attached hydrogen (secondary N) is 1. The Kier molecular flexibility index (Phi) is 5.04. The minimum atomic E-state index is -0.244. The summed E-state index contributed by atoms with van der Waals surface area (Å²) in [6, 6.07) is 10.8. The lowest BCUT2D eigenvalue weighted by Crippen LogP contribution is -2.37. The summed E-state index contributed by atoms with van der Waals surface area (Å²) in [4.78, 5) is 19.1. The molecule has 0 bridgehead atoms. The van der Waals surface area contributed by atoms with Crippen molar-refractivity contribution in [3.05, 3.63) is 65.6 Å². The van der Waals surface area contributed by atoms with Crippen molar-refractivity contribution in [2.45, 2.75) is 0 Å². The van der Waals surface area contributed by atoms with Crippen LogP contribution in [0.3, 0.4) is 0 Å². The van der Waals surface area contributed by atoms with Gasteiger partial charge in [-0.1, -0.05) is 17.7 Å². The number of rotatable bonds is 4. The molecule has 4 rings (SSSR count). The van der Waals surface area contributed by atoms with Gasteiger partial charge in [-0.3, -0.25) is 4.79 Å². The Labute approximate surface area is 161 Å². The van der Waals surface area contributed by atoms with E-state index in [0.717, 1.165) is 18.8 Å². The van der Waals surface area contributed by atoms with E-state index >= 15 is 0 Å². The van der Waals surface area contributed by atoms with Crippen molar-refractivity contribution in [2.24, 2.45) is 0 Å². The van der Waals surface area contributed by atoms with Gasteiger partial charge in [0.25, 0.3) is 5.91 Å². The van der Waals surface area contributed by atoms with Crippen molar-refractivity contribution in [2.75, 3.05) is 36.5 Å². The van der Waals surface area contributed by atoms with E-state index in [2.05, 4.69) is 20.3 Å². The second-order valence-electron chi connectivity index (χ2n) is 6.05. The molecular weight excluding hydrogens is 366 g/mol. The Morgan fingerprint density at radius 1 is 1.15 bits per heavy atom. The van der Waals surface area contributed by atoms with Gasteiger partial charge in [-0.25, -0.2) is 9.67 Å². The molecule has 3 aromatic rings. The molecule has 0 radical (unpaired) electrons. The third kappa shape index (κ3) is 3.79. The molecule has 7 nitrogen and oxygen atoms in total. The number of hydrogen-bond donors (Lipinski definition) is 1. The first-order valence-corrected chi connectivity index (χ1v) is 8.99. The zero-order chi connectivity index (χ0) is 18.6. The fourth-order valence-corrected chi connectivity index (χ4v) is 3.27. The van der Waals surface area contributed by atoms with Gasteiger partial charge in [0.05, 0.1) is 35.2 Å². The summed E-state index contributed by atoms with van der Waals surface area (Å²) in [5.41, 5.74) is 1.95. The highest BCUT2D eigenvalue weighted by Crippen LogP contribution is 2.34. The van der Waals surface area contributed by atoms with Crippen LogP contribution in [0.25, 0.3) is 5.82 Å². The zero-order valence-corrected chi connectivity index (χ0v) is 15.3. The lowest BCUT2D eigenvalue weighted by atomic mass is 10.2. The monoisotopic (exact) mass is 383 g/mol. The highest BCUT2D eigenvalue weighted by Gasteiger charge is 2.19. The lowest BCUT2D eigenvalue weighted by Gasteiger charge is -2.31. The fraction of sp³-hybridized carbons (Fsp3) is 0.211. The molecule has 2 aromatic heterocycles. The Balaban J connectivity index is 1.55. The average molecular weight is 384 g/mol. The zero-order valence-electron chi connectivity index (χ0n) is 14.5. The number of benzene rings is 1. The van der Waals surface area contributed by atoms with E-state index in [1.807, 2.05) is 24.3 Å². The Morgan fingerprint density at radius 3 is 2.70 bits per heavy atom. The van der Waals surface area contributed by atoms with Gasteiger partial charge < -0.3 is 15.0 Å². The summed E-state index contributed by atoms with van der Waals surface area (Å²) in [7, 11) is 0. The van der Waals surface area contributed by atoms with E-state index in [1.165, 1.54) is 6.20 Å². The summed E-state index contributed by atoms with van der Waals surface area (Å²) in [5.74, 6) is 0.402. The largest absolute Gasteiger partial charge is 0.378 e. The molecule has 1 saturated heterocycles. The van der Waals surface area contributed by atoms with Crippen LogP contribution in [0.5, 0.6) is 0 Å². The summed E-state index contributed by atoms with van der Waals surface area (Å²) in [6.45, 7) is 2.73. The van der Waals surface area contributed by atoms with Crippen LogP contribution in [0, 0.1) is 0 Å². The molecule has 0 unspecified atom stereocenters. The third-order valence-corrected chi connectivity index (χ3v) is 4.62. The molecule has 1 aromatic carbocycles. The van der Waals surface area contributed by atoms with Crippen molar-refractivity contribution >= 4 is 28.9 Å². The molecule has 0 spiro atoms. The maximum absolute atomic E-state index is 12.7. The number of para-hydroxylation sites is 1. The van der Waals surface area contributed by atoms with E-state index in [-0.39, 0.29) is 5.91 Å². The Bertz CT molecular complexity index is 922.